The van der Waals surface area contributed by atoms with Gasteiger partial charge in [0, 0.05) is 30.8 Å². The van der Waals surface area contributed by atoms with E-state index in [4.69, 9.17) is 9.84 Å². The molecule has 20 heavy (non-hydrogen) atoms. The van der Waals surface area contributed by atoms with Crippen molar-refractivity contribution in [2.45, 2.75) is 19.4 Å². The highest BCUT2D eigenvalue weighted by molar-refractivity contribution is 5.92. The molecule has 2 heterocycles. The molecular weight excluding hydrogens is 256 g/mol. The number of nitrogens with one attached hydrogen (secondary N) is 1. The van der Waals surface area contributed by atoms with Gasteiger partial charge in [-0.1, -0.05) is 11.8 Å². The van der Waals surface area contributed by atoms with Gasteiger partial charge in [0.05, 0.1) is 6.10 Å². The van der Waals surface area contributed by atoms with Crippen LogP contribution in [-0.2, 0) is 4.74 Å². The molecular formula is C15H18N2O3. The highest BCUT2D eigenvalue weighted by Crippen LogP contribution is 2.19. The Balaban J connectivity index is 1.89. The molecule has 0 radical (unpaired) electrons. The maximum absolute atomic E-state index is 11.9. The van der Waals surface area contributed by atoms with E-state index >= 15 is 0 Å². The first-order valence-corrected chi connectivity index (χ1v) is 6.66. The molecule has 5 nitrogen and oxygen atoms in total. The number of amides is 1. The molecule has 0 spiro atoms. The van der Waals surface area contributed by atoms with E-state index in [-0.39, 0.29) is 18.6 Å². The van der Waals surface area contributed by atoms with Gasteiger partial charge >= 0.3 is 0 Å². The molecule has 5 heteroatoms. The summed E-state index contributed by atoms with van der Waals surface area (Å²) in [4.78, 5) is 16.0. The quantitative estimate of drug-likeness (QED) is 0.791. The van der Waals surface area contributed by atoms with Crippen molar-refractivity contribution >= 4 is 5.91 Å². The van der Waals surface area contributed by atoms with Crippen LogP contribution in [0.25, 0.3) is 0 Å². The number of aliphatic hydroxyl groups is 1. The maximum atomic E-state index is 11.9. The Morgan fingerprint density at radius 2 is 2.45 bits per heavy atom. The number of pyridine rings is 1. The number of nitrogens with zero attached hydrogens (tertiary/aromatic N) is 1. The van der Waals surface area contributed by atoms with Crippen molar-refractivity contribution in [1.82, 2.24) is 10.3 Å². The van der Waals surface area contributed by atoms with Crippen LogP contribution < -0.4 is 5.32 Å². The molecule has 1 saturated heterocycles. The first-order valence-electron chi connectivity index (χ1n) is 6.66. The second-order valence-electron chi connectivity index (χ2n) is 4.73. The molecule has 106 valence electrons. The van der Waals surface area contributed by atoms with Crippen molar-refractivity contribution in [3.8, 4) is 11.8 Å². The van der Waals surface area contributed by atoms with Crippen molar-refractivity contribution < 1.29 is 14.6 Å². The number of hydrogen-bond donors (Lipinski definition) is 2. The Bertz CT molecular complexity index is 516. The standard InChI is InChI=1S/C15H18N2O3/c1-11-13(6-8-20-11)10-17-15(19)14-5-4-12(9-16-14)3-2-7-18/h4-5,9,11,13,18H,6-8,10H2,1H3,(H,17,19). The first kappa shape index (κ1) is 14.5. The lowest BCUT2D eigenvalue weighted by Gasteiger charge is -2.14. The number of ether oxygens (including phenoxy) is 1. The second kappa shape index (κ2) is 7.04. The van der Waals surface area contributed by atoms with Gasteiger partial charge in [-0.15, -0.1) is 0 Å². The molecule has 1 aliphatic rings. The number of carbonyl (C=O) groups is 1. The number of rotatable bonds is 3. The summed E-state index contributed by atoms with van der Waals surface area (Å²) < 4.78 is 5.45. The summed E-state index contributed by atoms with van der Waals surface area (Å²) >= 11 is 0. The third kappa shape index (κ3) is 3.80. The molecule has 2 atom stereocenters. The van der Waals surface area contributed by atoms with Gasteiger partial charge < -0.3 is 15.2 Å². The molecule has 1 amide bonds. The lowest BCUT2D eigenvalue weighted by atomic mass is 10.0. The second-order valence-corrected chi connectivity index (χ2v) is 4.73. The molecule has 1 aromatic rings. The molecule has 0 saturated carbocycles. The minimum Gasteiger partial charge on any atom is -0.384 e. The fourth-order valence-corrected chi connectivity index (χ4v) is 2.10. The van der Waals surface area contributed by atoms with Gasteiger partial charge in [-0.3, -0.25) is 4.79 Å². The molecule has 1 fully saturated rings. The van der Waals surface area contributed by atoms with Gasteiger partial charge in [0.25, 0.3) is 5.91 Å². The van der Waals surface area contributed by atoms with Gasteiger partial charge in [0.1, 0.15) is 12.3 Å². The van der Waals surface area contributed by atoms with Crippen LogP contribution >= 0.6 is 0 Å². The number of hydrogen-bond acceptors (Lipinski definition) is 4. The number of aliphatic hydroxyl groups excluding tert-OH is 1. The van der Waals surface area contributed by atoms with Crippen LogP contribution in [0.4, 0.5) is 0 Å². The fraction of sp³-hybridized carbons (Fsp3) is 0.467. The summed E-state index contributed by atoms with van der Waals surface area (Å²) in [5.41, 5.74) is 1.04. The topological polar surface area (TPSA) is 71.5 Å². The zero-order valence-corrected chi connectivity index (χ0v) is 11.4. The van der Waals surface area contributed by atoms with Crippen LogP contribution in [0.15, 0.2) is 18.3 Å². The lowest BCUT2D eigenvalue weighted by molar-refractivity contribution is 0.0903. The SMILES string of the molecule is CC1OCCC1CNC(=O)c1ccc(C#CCO)cn1. The van der Waals surface area contributed by atoms with E-state index in [1.165, 1.54) is 6.20 Å². The average Bonchev–Trinajstić information content (AvgIpc) is 2.88. The molecule has 0 aromatic carbocycles. The predicted octanol–water partition coefficient (Wildman–Crippen LogP) is 0.580. The largest absolute Gasteiger partial charge is 0.384 e. The smallest absolute Gasteiger partial charge is 0.269 e. The van der Waals surface area contributed by atoms with Crippen LogP contribution in [0.2, 0.25) is 0 Å². The fourth-order valence-electron chi connectivity index (χ4n) is 2.10. The summed E-state index contributed by atoms with van der Waals surface area (Å²) in [5, 5.41) is 11.5. The number of aromatic nitrogens is 1. The zero-order chi connectivity index (χ0) is 14.4. The van der Waals surface area contributed by atoms with Crippen molar-refractivity contribution in [1.29, 1.82) is 0 Å². The van der Waals surface area contributed by atoms with Crippen molar-refractivity contribution in [2.24, 2.45) is 5.92 Å². The Hall–Kier alpha value is -1.90. The van der Waals surface area contributed by atoms with Crippen molar-refractivity contribution in [3.05, 3.63) is 29.6 Å². The van der Waals surface area contributed by atoms with Crippen LogP contribution in [0.1, 0.15) is 29.4 Å². The van der Waals surface area contributed by atoms with Gasteiger partial charge in [-0.05, 0) is 25.5 Å². The van der Waals surface area contributed by atoms with E-state index in [2.05, 4.69) is 22.1 Å². The molecule has 1 aliphatic heterocycles. The summed E-state index contributed by atoms with van der Waals surface area (Å²) in [6.45, 7) is 3.20. The Morgan fingerprint density at radius 1 is 1.60 bits per heavy atom. The van der Waals surface area contributed by atoms with E-state index in [1.54, 1.807) is 12.1 Å². The summed E-state index contributed by atoms with van der Waals surface area (Å²) in [6.07, 6.45) is 2.70. The van der Waals surface area contributed by atoms with Crippen molar-refractivity contribution in [3.63, 3.8) is 0 Å². The van der Waals surface area contributed by atoms with Crippen LogP contribution in [0, 0.1) is 17.8 Å². The zero-order valence-electron chi connectivity index (χ0n) is 11.4. The van der Waals surface area contributed by atoms with Crippen LogP contribution in [0.3, 0.4) is 0 Å². The normalized spacial score (nSPS) is 21.1. The molecule has 0 aliphatic carbocycles. The Morgan fingerprint density at radius 3 is 3.05 bits per heavy atom. The highest BCUT2D eigenvalue weighted by atomic mass is 16.5. The first-order chi connectivity index (χ1) is 9.70. The van der Waals surface area contributed by atoms with Gasteiger partial charge in [0.2, 0.25) is 0 Å². The van der Waals surface area contributed by atoms with Crippen molar-refractivity contribution in [2.75, 3.05) is 19.8 Å². The van der Waals surface area contributed by atoms with Crippen LogP contribution in [0.5, 0.6) is 0 Å². The Labute approximate surface area is 118 Å². The monoisotopic (exact) mass is 274 g/mol. The summed E-state index contributed by atoms with van der Waals surface area (Å²) in [7, 11) is 0. The molecule has 2 N–H and O–H groups in total. The molecule has 2 unspecified atom stereocenters. The predicted molar refractivity (Wildman–Crippen MR) is 74.1 cm³/mol. The van der Waals surface area contributed by atoms with E-state index < -0.39 is 0 Å². The van der Waals surface area contributed by atoms with E-state index in [0.29, 0.717) is 23.7 Å². The van der Waals surface area contributed by atoms with Gasteiger partial charge in [0.15, 0.2) is 0 Å². The Kier molecular flexibility index (Phi) is 5.10. The molecule has 2 rings (SSSR count). The number of carbonyl (C=O) groups excluding carboxylic acids is 1. The lowest BCUT2D eigenvalue weighted by Crippen LogP contribution is -2.32. The highest BCUT2D eigenvalue weighted by Gasteiger charge is 2.24. The van der Waals surface area contributed by atoms with Crippen LogP contribution in [-0.4, -0.2) is 41.9 Å². The third-order valence-corrected chi connectivity index (χ3v) is 3.37. The molecule has 1 aromatic heterocycles. The third-order valence-electron chi connectivity index (χ3n) is 3.37. The maximum Gasteiger partial charge on any atom is 0.269 e. The van der Waals surface area contributed by atoms with E-state index in [1.807, 2.05) is 6.92 Å². The minimum atomic E-state index is -0.191. The van der Waals surface area contributed by atoms with Gasteiger partial charge in [-0.25, -0.2) is 4.98 Å². The summed E-state index contributed by atoms with van der Waals surface area (Å²) in [6, 6.07) is 3.34. The van der Waals surface area contributed by atoms with Gasteiger partial charge in [-0.2, -0.15) is 0 Å². The van der Waals surface area contributed by atoms with E-state index in [9.17, 15) is 4.79 Å². The van der Waals surface area contributed by atoms with E-state index in [0.717, 1.165) is 13.0 Å². The average molecular weight is 274 g/mol. The summed E-state index contributed by atoms with van der Waals surface area (Å²) in [5.74, 6) is 5.44. The molecule has 0 bridgehead atoms. The minimum absolute atomic E-state index is 0.189.